The van der Waals surface area contributed by atoms with Crippen molar-refractivity contribution in [2.75, 3.05) is 13.2 Å². The first-order valence-electron chi connectivity index (χ1n) is 8.90. The van der Waals surface area contributed by atoms with Crippen LogP contribution in [0.25, 0.3) is 0 Å². The van der Waals surface area contributed by atoms with Crippen molar-refractivity contribution in [3.63, 3.8) is 0 Å². The molecule has 0 atom stereocenters. The molecule has 1 heterocycles. The maximum absolute atomic E-state index is 13.1. The zero-order valence-corrected chi connectivity index (χ0v) is 15.4. The van der Waals surface area contributed by atoms with E-state index in [-0.39, 0.29) is 55.1 Å². The van der Waals surface area contributed by atoms with Gasteiger partial charge in [-0.3, -0.25) is 4.79 Å². The van der Waals surface area contributed by atoms with Crippen molar-refractivity contribution in [3.8, 4) is 0 Å². The molecule has 2 aromatic carbocycles. The highest BCUT2D eigenvalue weighted by atomic mass is 19.1. The molecule has 0 bridgehead atoms. The molecule has 1 aliphatic heterocycles. The fourth-order valence-corrected chi connectivity index (χ4v) is 2.93. The van der Waals surface area contributed by atoms with Gasteiger partial charge in [-0.05, 0) is 42.3 Å². The van der Waals surface area contributed by atoms with Crippen LogP contribution in [0.3, 0.4) is 0 Å². The van der Waals surface area contributed by atoms with E-state index in [2.05, 4.69) is 5.32 Å². The molecule has 1 amide bonds. The minimum absolute atomic E-state index is 0.0980. The fraction of sp³-hybridized carbons (Fsp3) is 0.238. The van der Waals surface area contributed by atoms with Crippen molar-refractivity contribution in [3.05, 3.63) is 82.6 Å². The zero-order valence-electron chi connectivity index (χ0n) is 15.4. The van der Waals surface area contributed by atoms with Gasteiger partial charge in [-0.25, -0.2) is 13.6 Å². The second-order valence-corrected chi connectivity index (χ2v) is 6.34. The third-order valence-electron chi connectivity index (χ3n) is 4.34. The summed E-state index contributed by atoms with van der Waals surface area (Å²) >= 11 is 0. The molecule has 1 N–H and O–H groups in total. The van der Waals surface area contributed by atoms with Crippen LogP contribution in [0.15, 0.2) is 59.8 Å². The lowest BCUT2D eigenvalue weighted by Crippen LogP contribution is -2.30. The molecule has 1 aliphatic rings. The number of hydrogen-bond acceptors (Lipinski definition) is 4. The Hall–Kier alpha value is -3.22. The van der Waals surface area contributed by atoms with Gasteiger partial charge in [-0.1, -0.05) is 24.3 Å². The van der Waals surface area contributed by atoms with Gasteiger partial charge in [0.25, 0.3) is 5.91 Å². The first-order chi connectivity index (χ1) is 13.5. The zero-order chi connectivity index (χ0) is 20.1. The van der Waals surface area contributed by atoms with Gasteiger partial charge in [0.05, 0.1) is 18.7 Å². The predicted octanol–water partition coefficient (Wildman–Crippen LogP) is 2.91. The molecule has 3 rings (SSSR count). The molecule has 0 unspecified atom stereocenters. The maximum atomic E-state index is 13.1. The third kappa shape index (κ3) is 4.54. The second-order valence-electron chi connectivity index (χ2n) is 6.34. The lowest BCUT2D eigenvalue weighted by atomic mass is 10.2. The minimum Gasteiger partial charge on any atom is -0.463 e. The average molecular weight is 386 g/mol. The molecule has 0 saturated carbocycles. The van der Waals surface area contributed by atoms with Crippen LogP contribution < -0.4 is 5.32 Å². The lowest BCUT2D eigenvalue weighted by molar-refractivity contribution is -0.138. The number of esters is 1. The van der Waals surface area contributed by atoms with Crippen LogP contribution in [-0.4, -0.2) is 29.9 Å². The summed E-state index contributed by atoms with van der Waals surface area (Å²) in [5, 5.41) is 2.99. The monoisotopic (exact) mass is 386 g/mol. The topological polar surface area (TPSA) is 58.6 Å². The standard InChI is InChI=1S/C21H20F2N2O3/c1-2-28-21(27)18-13-25(12-15-5-9-17(23)10-6-15)20(26)19(18)24-11-14-3-7-16(22)8-4-14/h3-10,24H,2,11-13H2,1H3. The number of ether oxygens (including phenoxy) is 1. The summed E-state index contributed by atoms with van der Waals surface area (Å²) in [6.45, 7) is 2.48. The van der Waals surface area contributed by atoms with E-state index >= 15 is 0 Å². The Morgan fingerprint density at radius 3 is 2.18 bits per heavy atom. The Bertz CT molecular complexity index is 893. The fourth-order valence-electron chi connectivity index (χ4n) is 2.93. The molecule has 0 aliphatic carbocycles. The van der Waals surface area contributed by atoms with Gasteiger partial charge in [0, 0.05) is 13.1 Å². The number of nitrogens with zero attached hydrogens (tertiary/aromatic N) is 1. The highest BCUT2D eigenvalue weighted by Gasteiger charge is 2.34. The molecule has 7 heteroatoms. The molecule has 146 valence electrons. The van der Waals surface area contributed by atoms with Crippen molar-refractivity contribution >= 4 is 11.9 Å². The Balaban J connectivity index is 1.76. The number of carbonyl (C=O) groups is 2. The van der Waals surface area contributed by atoms with Crippen LogP contribution in [0, 0.1) is 11.6 Å². The SMILES string of the molecule is CCOC(=O)C1=C(NCc2ccc(F)cc2)C(=O)N(Cc2ccc(F)cc2)C1. The van der Waals surface area contributed by atoms with E-state index < -0.39 is 5.97 Å². The van der Waals surface area contributed by atoms with Gasteiger partial charge < -0.3 is 15.0 Å². The van der Waals surface area contributed by atoms with Gasteiger partial charge in [0.15, 0.2) is 0 Å². The largest absolute Gasteiger partial charge is 0.463 e. The summed E-state index contributed by atoms with van der Waals surface area (Å²) in [5.41, 5.74) is 1.93. The Kier molecular flexibility index (Phi) is 6.03. The van der Waals surface area contributed by atoms with Crippen molar-refractivity contribution < 1.29 is 23.1 Å². The van der Waals surface area contributed by atoms with Crippen LogP contribution >= 0.6 is 0 Å². The van der Waals surface area contributed by atoms with Crippen LogP contribution in [0.1, 0.15) is 18.1 Å². The van der Waals surface area contributed by atoms with Crippen molar-refractivity contribution in [1.29, 1.82) is 0 Å². The number of rotatable bonds is 7. The van der Waals surface area contributed by atoms with Gasteiger partial charge in [-0.2, -0.15) is 0 Å². The van der Waals surface area contributed by atoms with Crippen LogP contribution in [0.5, 0.6) is 0 Å². The highest BCUT2D eigenvalue weighted by molar-refractivity contribution is 6.06. The normalized spacial score (nSPS) is 13.8. The molecule has 0 saturated heterocycles. The number of nitrogens with one attached hydrogen (secondary N) is 1. The van der Waals surface area contributed by atoms with E-state index in [4.69, 9.17) is 4.74 Å². The summed E-state index contributed by atoms with van der Waals surface area (Å²) < 4.78 is 31.2. The average Bonchev–Trinajstić information content (AvgIpc) is 2.99. The Morgan fingerprint density at radius 2 is 1.61 bits per heavy atom. The Morgan fingerprint density at radius 1 is 1.04 bits per heavy atom. The molecule has 0 fully saturated rings. The smallest absolute Gasteiger partial charge is 0.338 e. The van der Waals surface area contributed by atoms with Crippen LogP contribution in [0.4, 0.5) is 8.78 Å². The molecular weight excluding hydrogens is 366 g/mol. The van der Waals surface area contributed by atoms with Gasteiger partial charge in [0.1, 0.15) is 17.3 Å². The summed E-state index contributed by atoms with van der Waals surface area (Å²) in [6.07, 6.45) is 0. The van der Waals surface area contributed by atoms with Crippen molar-refractivity contribution in [2.45, 2.75) is 20.0 Å². The molecule has 5 nitrogen and oxygen atoms in total. The van der Waals surface area contributed by atoms with E-state index in [0.717, 1.165) is 11.1 Å². The molecule has 0 radical (unpaired) electrons. The number of halogens is 2. The molecular formula is C21H20F2N2O3. The summed E-state index contributed by atoms with van der Waals surface area (Å²) in [4.78, 5) is 26.6. The summed E-state index contributed by atoms with van der Waals surface area (Å²) in [6, 6.07) is 11.7. The van der Waals surface area contributed by atoms with E-state index in [9.17, 15) is 18.4 Å². The third-order valence-corrected chi connectivity index (χ3v) is 4.34. The summed E-state index contributed by atoms with van der Waals surface area (Å²) in [5.74, 6) is -1.60. The van der Waals surface area contributed by atoms with Gasteiger partial charge >= 0.3 is 5.97 Å². The quantitative estimate of drug-likeness (QED) is 0.744. The predicted molar refractivity (Wildman–Crippen MR) is 98.7 cm³/mol. The van der Waals surface area contributed by atoms with E-state index in [0.29, 0.717) is 0 Å². The van der Waals surface area contributed by atoms with Crippen molar-refractivity contribution in [2.24, 2.45) is 0 Å². The molecule has 0 spiro atoms. The first-order valence-corrected chi connectivity index (χ1v) is 8.90. The lowest BCUT2D eigenvalue weighted by Gasteiger charge is -2.17. The molecule has 2 aromatic rings. The number of amides is 1. The molecule has 28 heavy (non-hydrogen) atoms. The highest BCUT2D eigenvalue weighted by Crippen LogP contribution is 2.22. The van der Waals surface area contributed by atoms with E-state index in [1.165, 1.54) is 29.2 Å². The number of hydrogen-bond donors (Lipinski definition) is 1. The second kappa shape index (κ2) is 8.65. The molecule has 0 aromatic heterocycles. The number of benzene rings is 2. The van der Waals surface area contributed by atoms with E-state index in [1.54, 1.807) is 31.2 Å². The Labute approximate surface area is 161 Å². The van der Waals surface area contributed by atoms with Crippen LogP contribution in [-0.2, 0) is 27.4 Å². The summed E-state index contributed by atoms with van der Waals surface area (Å²) in [7, 11) is 0. The van der Waals surface area contributed by atoms with Gasteiger partial charge in [0.2, 0.25) is 0 Å². The maximum Gasteiger partial charge on any atom is 0.338 e. The minimum atomic E-state index is -0.556. The van der Waals surface area contributed by atoms with Crippen molar-refractivity contribution in [1.82, 2.24) is 10.2 Å². The van der Waals surface area contributed by atoms with Crippen LogP contribution in [0.2, 0.25) is 0 Å². The number of carbonyl (C=O) groups excluding carboxylic acids is 2. The van der Waals surface area contributed by atoms with E-state index in [1.807, 2.05) is 0 Å². The van der Waals surface area contributed by atoms with Gasteiger partial charge in [-0.15, -0.1) is 0 Å². The first kappa shape index (κ1) is 19.5.